The molecule has 0 bridgehead atoms. The van der Waals surface area contributed by atoms with Crippen molar-refractivity contribution < 1.29 is 0 Å². The molecule has 8 nitrogen and oxygen atoms in total. The number of fused-ring (bicyclic) bond motifs is 2. The van der Waals surface area contributed by atoms with E-state index >= 15 is 0 Å². The lowest BCUT2D eigenvalue weighted by Gasteiger charge is -2.05. The summed E-state index contributed by atoms with van der Waals surface area (Å²) in [5.74, 6) is 1.29. The molecule has 0 aliphatic rings. The minimum absolute atomic E-state index is 0.591. The second-order valence-corrected chi connectivity index (χ2v) is 6.26. The fourth-order valence-corrected chi connectivity index (χ4v) is 3.00. The first-order valence-corrected chi connectivity index (χ1v) is 8.80. The van der Waals surface area contributed by atoms with Gasteiger partial charge in [-0.2, -0.15) is 4.98 Å². The molecule has 4 aromatic heterocycles. The van der Waals surface area contributed by atoms with Crippen molar-refractivity contribution in [2.24, 2.45) is 0 Å². The number of aromatic nitrogens is 6. The molecule has 0 saturated carbocycles. The zero-order valence-corrected chi connectivity index (χ0v) is 14.8. The zero-order valence-electron chi connectivity index (χ0n) is 14.8. The largest absolute Gasteiger partial charge is 0.364 e. The first-order valence-electron chi connectivity index (χ1n) is 8.80. The molecule has 0 aliphatic carbocycles. The number of imidazole rings is 1. The van der Waals surface area contributed by atoms with E-state index in [0.717, 1.165) is 27.7 Å². The molecule has 0 fully saturated rings. The van der Waals surface area contributed by atoms with Crippen LogP contribution in [0.4, 0.5) is 17.5 Å². The number of H-pyrrole nitrogens is 1. The monoisotopic (exact) mass is 368 g/mol. The van der Waals surface area contributed by atoms with Gasteiger partial charge in [0.15, 0.2) is 11.5 Å². The van der Waals surface area contributed by atoms with Crippen LogP contribution in [-0.2, 0) is 6.54 Å². The summed E-state index contributed by atoms with van der Waals surface area (Å²) >= 11 is 0. The third-order valence-electron chi connectivity index (χ3n) is 4.34. The quantitative estimate of drug-likeness (QED) is 0.435. The van der Waals surface area contributed by atoms with Crippen LogP contribution in [0.3, 0.4) is 0 Å². The van der Waals surface area contributed by atoms with Gasteiger partial charge in [-0.3, -0.25) is 9.97 Å². The predicted octanol–water partition coefficient (Wildman–Crippen LogP) is 3.65. The zero-order chi connectivity index (χ0) is 18.8. The van der Waals surface area contributed by atoms with Gasteiger partial charge in [0.25, 0.3) is 0 Å². The van der Waals surface area contributed by atoms with Crippen molar-refractivity contribution in [2.45, 2.75) is 6.54 Å². The summed E-state index contributed by atoms with van der Waals surface area (Å²) in [6, 6.07) is 13.8. The molecule has 0 spiro atoms. The van der Waals surface area contributed by atoms with Gasteiger partial charge < -0.3 is 15.6 Å². The van der Waals surface area contributed by atoms with Crippen LogP contribution in [0.5, 0.6) is 0 Å². The van der Waals surface area contributed by atoms with Crippen LogP contribution in [-0.4, -0.2) is 29.9 Å². The fourth-order valence-electron chi connectivity index (χ4n) is 3.00. The molecule has 0 amide bonds. The third-order valence-corrected chi connectivity index (χ3v) is 4.34. The normalized spacial score (nSPS) is 11.0. The van der Waals surface area contributed by atoms with E-state index < -0.39 is 0 Å². The molecular weight excluding hydrogens is 352 g/mol. The maximum atomic E-state index is 4.52. The third kappa shape index (κ3) is 3.18. The van der Waals surface area contributed by atoms with E-state index in [9.17, 15) is 0 Å². The number of anilines is 3. The van der Waals surface area contributed by atoms with Gasteiger partial charge in [0.05, 0.1) is 5.52 Å². The smallest absolute Gasteiger partial charge is 0.207 e. The first-order chi connectivity index (χ1) is 13.8. The van der Waals surface area contributed by atoms with Crippen molar-refractivity contribution in [3.8, 4) is 0 Å². The maximum absolute atomic E-state index is 4.52. The van der Waals surface area contributed by atoms with Crippen molar-refractivity contribution in [1.29, 1.82) is 0 Å². The van der Waals surface area contributed by atoms with Crippen LogP contribution in [0, 0.1) is 0 Å². The Hall–Kier alpha value is -4.07. The molecule has 136 valence electrons. The molecule has 1 aromatic carbocycles. The highest BCUT2D eigenvalue weighted by molar-refractivity contribution is 5.86. The average molecular weight is 368 g/mol. The summed E-state index contributed by atoms with van der Waals surface area (Å²) in [4.78, 5) is 24.8. The second-order valence-electron chi connectivity index (χ2n) is 6.26. The fraction of sp³-hybridized carbons (Fsp3) is 0.0500. The molecule has 3 N–H and O–H groups in total. The highest BCUT2D eigenvalue weighted by Gasteiger charge is 2.10. The minimum atomic E-state index is 0.591. The predicted molar refractivity (Wildman–Crippen MR) is 108 cm³/mol. The lowest BCUT2D eigenvalue weighted by atomic mass is 10.2. The molecule has 28 heavy (non-hydrogen) atoms. The molecule has 0 unspecified atom stereocenters. The Labute approximate surface area is 160 Å². The Bertz CT molecular complexity index is 1250. The van der Waals surface area contributed by atoms with Gasteiger partial charge >= 0.3 is 0 Å². The Morgan fingerprint density at radius 1 is 0.964 bits per heavy atom. The lowest BCUT2D eigenvalue weighted by molar-refractivity contribution is 1.08. The van der Waals surface area contributed by atoms with E-state index in [2.05, 4.69) is 40.5 Å². The van der Waals surface area contributed by atoms with E-state index in [1.54, 1.807) is 12.4 Å². The molecule has 0 aliphatic heterocycles. The number of rotatable bonds is 5. The standard InChI is InChI=1S/C20H16N8/c1-3-13(10-21-7-1)11-23-18-17-19(25-12-24-18)28-20(27-17)26-15-5-6-16-14(9-15)4-2-8-22-16/h1-10,12H,11H2,(H3,23,24,25,26,27,28). The average Bonchev–Trinajstić information content (AvgIpc) is 3.16. The molecule has 5 aromatic rings. The number of pyridine rings is 2. The molecule has 8 heteroatoms. The van der Waals surface area contributed by atoms with E-state index in [4.69, 9.17) is 0 Å². The van der Waals surface area contributed by atoms with Gasteiger partial charge in [0, 0.05) is 36.2 Å². The molecular formula is C20H16N8. The summed E-state index contributed by atoms with van der Waals surface area (Å²) in [5.41, 5.74) is 4.27. The SMILES string of the molecule is c1cncc(CNc2ncnc3nc(Nc4ccc5ncccc5c4)[nH]c23)c1. The minimum Gasteiger partial charge on any atom is -0.364 e. The summed E-state index contributed by atoms with van der Waals surface area (Å²) in [7, 11) is 0. The Kier molecular flexibility index (Phi) is 3.98. The van der Waals surface area contributed by atoms with Crippen LogP contribution in [0.2, 0.25) is 0 Å². The van der Waals surface area contributed by atoms with Crippen LogP contribution < -0.4 is 10.6 Å². The number of nitrogens with one attached hydrogen (secondary N) is 3. The van der Waals surface area contributed by atoms with Crippen molar-refractivity contribution in [3.63, 3.8) is 0 Å². The van der Waals surface area contributed by atoms with Crippen LogP contribution in [0.15, 0.2) is 67.4 Å². The van der Waals surface area contributed by atoms with Gasteiger partial charge in [0.2, 0.25) is 5.95 Å². The Balaban J connectivity index is 1.41. The molecule has 0 radical (unpaired) electrons. The lowest BCUT2D eigenvalue weighted by Crippen LogP contribution is -2.02. The number of nitrogens with zero attached hydrogens (tertiary/aromatic N) is 5. The topological polar surface area (TPSA) is 104 Å². The van der Waals surface area contributed by atoms with Crippen LogP contribution in [0.1, 0.15) is 5.56 Å². The van der Waals surface area contributed by atoms with Crippen molar-refractivity contribution in [1.82, 2.24) is 29.9 Å². The van der Waals surface area contributed by atoms with E-state index in [0.29, 0.717) is 24.0 Å². The van der Waals surface area contributed by atoms with Crippen molar-refractivity contribution >= 4 is 39.5 Å². The molecule has 4 heterocycles. The van der Waals surface area contributed by atoms with Gasteiger partial charge in [-0.15, -0.1) is 0 Å². The number of hydrogen-bond acceptors (Lipinski definition) is 7. The number of aromatic amines is 1. The first kappa shape index (κ1) is 16.1. The molecule has 0 saturated heterocycles. The van der Waals surface area contributed by atoms with Gasteiger partial charge in [0.1, 0.15) is 11.8 Å². The highest BCUT2D eigenvalue weighted by atomic mass is 15.2. The highest BCUT2D eigenvalue weighted by Crippen LogP contribution is 2.23. The van der Waals surface area contributed by atoms with Crippen LogP contribution >= 0.6 is 0 Å². The van der Waals surface area contributed by atoms with E-state index in [-0.39, 0.29) is 0 Å². The van der Waals surface area contributed by atoms with Gasteiger partial charge in [-0.05, 0) is 35.9 Å². The summed E-state index contributed by atoms with van der Waals surface area (Å²) in [6.45, 7) is 0.611. The van der Waals surface area contributed by atoms with Crippen molar-refractivity contribution in [2.75, 3.05) is 10.6 Å². The Morgan fingerprint density at radius 2 is 1.93 bits per heavy atom. The van der Waals surface area contributed by atoms with Crippen molar-refractivity contribution in [3.05, 3.63) is 72.9 Å². The second kappa shape index (κ2) is 6.92. The molecule has 0 atom stereocenters. The van der Waals surface area contributed by atoms with E-state index in [1.807, 2.05) is 48.7 Å². The van der Waals surface area contributed by atoms with Gasteiger partial charge in [-0.25, -0.2) is 9.97 Å². The number of benzene rings is 1. The van der Waals surface area contributed by atoms with E-state index in [1.165, 1.54) is 6.33 Å². The summed E-state index contributed by atoms with van der Waals surface area (Å²) in [5, 5.41) is 7.65. The summed E-state index contributed by atoms with van der Waals surface area (Å²) in [6.07, 6.45) is 6.86. The maximum Gasteiger partial charge on any atom is 0.207 e. The number of hydrogen-bond donors (Lipinski definition) is 3. The van der Waals surface area contributed by atoms with Gasteiger partial charge in [-0.1, -0.05) is 12.1 Å². The molecule has 5 rings (SSSR count). The van der Waals surface area contributed by atoms with Crippen LogP contribution in [0.25, 0.3) is 22.1 Å². The summed E-state index contributed by atoms with van der Waals surface area (Å²) < 4.78 is 0. The Morgan fingerprint density at radius 3 is 2.86 bits per heavy atom.